The molecule has 0 saturated heterocycles. The maximum atomic E-state index is 8.79. The second-order valence-corrected chi connectivity index (χ2v) is 4.49. The molecular formula is C12H22N4. The van der Waals surface area contributed by atoms with Crippen LogP contribution in [0.15, 0.2) is 4.99 Å². The summed E-state index contributed by atoms with van der Waals surface area (Å²) in [5.74, 6) is 0.605. The summed E-state index contributed by atoms with van der Waals surface area (Å²) in [6.07, 6.45) is 4.85. The average Bonchev–Trinajstić information content (AvgIpc) is 2.77. The molecule has 0 amide bonds. The summed E-state index contributed by atoms with van der Waals surface area (Å²) in [5, 5.41) is 8.79. The summed E-state index contributed by atoms with van der Waals surface area (Å²) < 4.78 is 0. The molecule has 0 aromatic rings. The largest absolute Gasteiger partial charge is 0.370 e. The Morgan fingerprint density at radius 1 is 1.56 bits per heavy atom. The fourth-order valence-corrected chi connectivity index (χ4v) is 2.06. The first-order chi connectivity index (χ1) is 7.67. The topological polar surface area (TPSA) is 65.4 Å². The molecule has 1 atom stereocenters. The van der Waals surface area contributed by atoms with E-state index in [0.717, 1.165) is 19.4 Å². The number of guanidine groups is 1. The van der Waals surface area contributed by atoms with Gasteiger partial charge in [-0.3, -0.25) is 0 Å². The summed E-state index contributed by atoms with van der Waals surface area (Å²) >= 11 is 0. The molecule has 16 heavy (non-hydrogen) atoms. The van der Waals surface area contributed by atoms with Crippen LogP contribution in [0.25, 0.3) is 0 Å². The molecule has 0 aliphatic heterocycles. The van der Waals surface area contributed by atoms with Crippen molar-refractivity contribution in [3.05, 3.63) is 0 Å². The van der Waals surface area contributed by atoms with Crippen LogP contribution < -0.4 is 5.73 Å². The smallest absolute Gasteiger partial charge is 0.191 e. The number of nitrogens with two attached hydrogens (primary N) is 1. The Morgan fingerprint density at radius 2 is 2.19 bits per heavy atom. The Labute approximate surface area is 98.1 Å². The molecular weight excluding hydrogens is 200 g/mol. The molecule has 4 nitrogen and oxygen atoms in total. The lowest BCUT2D eigenvalue weighted by atomic mass is 10.2. The standard InChI is InChI=1S/C12H22N4/c1-3-16(9-10(2)8-13)12(14)15-11-6-4-5-7-11/h10-11H,3-7,9H2,1-2H3,(H2,14,15). The van der Waals surface area contributed by atoms with Gasteiger partial charge in [-0.2, -0.15) is 5.26 Å². The molecule has 1 aliphatic rings. The van der Waals surface area contributed by atoms with Crippen molar-refractivity contribution in [1.29, 1.82) is 5.26 Å². The van der Waals surface area contributed by atoms with Gasteiger partial charge in [0.2, 0.25) is 0 Å². The average molecular weight is 222 g/mol. The van der Waals surface area contributed by atoms with E-state index in [9.17, 15) is 0 Å². The third-order valence-corrected chi connectivity index (χ3v) is 3.06. The van der Waals surface area contributed by atoms with Crippen molar-refractivity contribution in [3.63, 3.8) is 0 Å². The molecule has 0 spiro atoms. The maximum absolute atomic E-state index is 8.79. The van der Waals surface area contributed by atoms with Crippen molar-refractivity contribution in [3.8, 4) is 6.07 Å². The Bertz CT molecular complexity index is 273. The number of hydrogen-bond acceptors (Lipinski definition) is 2. The molecule has 4 heteroatoms. The van der Waals surface area contributed by atoms with Crippen molar-refractivity contribution < 1.29 is 0 Å². The lowest BCUT2D eigenvalue weighted by Gasteiger charge is -2.23. The molecule has 0 bridgehead atoms. The van der Waals surface area contributed by atoms with Gasteiger partial charge in [0.15, 0.2) is 5.96 Å². The van der Waals surface area contributed by atoms with Crippen molar-refractivity contribution in [2.75, 3.05) is 13.1 Å². The van der Waals surface area contributed by atoms with Crippen LogP contribution in [0.4, 0.5) is 0 Å². The fraction of sp³-hybridized carbons (Fsp3) is 0.833. The van der Waals surface area contributed by atoms with Crippen molar-refractivity contribution in [2.24, 2.45) is 16.6 Å². The highest BCUT2D eigenvalue weighted by molar-refractivity contribution is 5.78. The fourth-order valence-electron chi connectivity index (χ4n) is 2.06. The van der Waals surface area contributed by atoms with Crippen LogP contribution in [0.5, 0.6) is 0 Å². The molecule has 1 fully saturated rings. The van der Waals surface area contributed by atoms with Crippen LogP contribution in [0.1, 0.15) is 39.5 Å². The van der Waals surface area contributed by atoms with E-state index in [0.29, 0.717) is 18.5 Å². The van der Waals surface area contributed by atoms with Crippen LogP contribution in [0, 0.1) is 17.2 Å². The molecule has 0 aromatic heterocycles. The molecule has 2 N–H and O–H groups in total. The first kappa shape index (κ1) is 12.8. The summed E-state index contributed by atoms with van der Waals surface area (Å²) in [4.78, 5) is 6.54. The molecule has 1 unspecified atom stereocenters. The molecule has 90 valence electrons. The third-order valence-electron chi connectivity index (χ3n) is 3.06. The van der Waals surface area contributed by atoms with E-state index in [4.69, 9.17) is 11.0 Å². The molecule has 1 aliphatic carbocycles. The van der Waals surface area contributed by atoms with Crippen LogP contribution >= 0.6 is 0 Å². The van der Waals surface area contributed by atoms with E-state index in [2.05, 4.69) is 11.1 Å². The van der Waals surface area contributed by atoms with Gasteiger partial charge in [0.25, 0.3) is 0 Å². The lowest BCUT2D eigenvalue weighted by Crippen LogP contribution is -2.40. The lowest BCUT2D eigenvalue weighted by molar-refractivity contribution is 0.396. The quantitative estimate of drug-likeness (QED) is 0.582. The minimum atomic E-state index is -0.00252. The zero-order chi connectivity index (χ0) is 12.0. The van der Waals surface area contributed by atoms with Crippen molar-refractivity contribution >= 4 is 5.96 Å². The number of nitrogens with zero attached hydrogens (tertiary/aromatic N) is 3. The zero-order valence-corrected chi connectivity index (χ0v) is 10.3. The van der Waals surface area contributed by atoms with Gasteiger partial charge in [-0.05, 0) is 26.7 Å². The Hall–Kier alpha value is -1.24. The monoisotopic (exact) mass is 222 g/mol. The zero-order valence-electron chi connectivity index (χ0n) is 10.3. The van der Waals surface area contributed by atoms with E-state index in [1.165, 1.54) is 12.8 Å². The second kappa shape index (κ2) is 6.37. The maximum Gasteiger partial charge on any atom is 0.191 e. The van der Waals surface area contributed by atoms with Crippen LogP contribution in [0.3, 0.4) is 0 Å². The summed E-state index contributed by atoms with van der Waals surface area (Å²) in [6, 6.07) is 2.63. The number of hydrogen-bond donors (Lipinski definition) is 1. The number of aliphatic imine (C=N–C) groups is 1. The van der Waals surface area contributed by atoms with Gasteiger partial charge in [0, 0.05) is 13.1 Å². The summed E-state index contributed by atoms with van der Waals surface area (Å²) in [7, 11) is 0. The first-order valence-electron chi connectivity index (χ1n) is 6.15. The highest BCUT2D eigenvalue weighted by atomic mass is 15.3. The van der Waals surface area contributed by atoms with Crippen molar-refractivity contribution in [2.45, 2.75) is 45.6 Å². The second-order valence-electron chi connectivity index (χ2n) is 4.49. The third kappa shape index (κ3) is 3.73. The minimum Gasteiger partial charge on any atom is -0.370 e. The van der Waals surface area contributed by atoms with E-state index >= 15 is 0 Å². The van der Waals surface area contributed by atoms with E-state index in [-0.39, 0.29) is 5.92 Å². The number of nitriles is 1. The first-order valence-corrected chi connectivity index (χ1v) is 6.15. The van der Waals surface area contributed by atoms with Gasteiger partial charge in [0.1, 0.15) is 0 Å². The van der Waals surface area contributed by atoms with Gasteiger partial charge in [-0.25, -0.2) is 4.99 Å². The van der Waals surface area contributed by atoms with Crippen molar-refractivity contribution in [1.82, 2.24) is 4.90 Å². The van der Waals surface area contributed by atoms with Gasteiger partial charge in [0.05, 0.1) is 18.0 Å². The highest BCUT2D eigenvalue weighted by Crippen LogP contribution is 2.21. The Balaban J connectivity index is 2.54. The van der Waals surface area contributed by atoms with Gasteiger partial charge in [-0.1, -0.05) is 12.8 Å². The normalized spacial score (nSPS) is 19.4. The van der Waals surface area contributed by atoms with E-state index in [1.807, 2.05) is 18.7 Å². The summed E-state index contributed by atoms with van der Waals surface area (Å²) in [6.45, 7) is 5.44. The van der Waals surface area contributed by atoms with Gasteiger partial charge < -0.3 is 10.6 Å². The summed E-state index contributed by atoms with van der Waals surface area (Å²) in [5.41, 5.74) is 5.98. The molecule has 0 aromatic carbocycles. The van der Waals surface area contributed by atoms with Crippen LogP contribution in [0.2, 0.25) is 0 Å². The minimum absolute atomic E-state index is 0.00252. The highest BCUT2D eigenvalue weighted by Gasteiger charge is 2.16. The SMILES string of the molecule is CCN(CC(C)C#N)C(N)=NC1CCCC1. The molecule has 1 saturated carbocycles. The van der Waals surface area contributed by atoms with E-state index < -0.39 is 0 Å². The number of rotatable bonds is 4. The van der Waals surface area contributed by atoms with Gasteiger partial charge in [-0.15, -0.1) is 0 Å². The Morgan fingerprint density at radius 3 is 2.69 bits per heavy atom. The van der Waals surface area contributed by atoms with Gasteiger partial charge >= 0.3 is 0 Å². The van der Waals surface area contributed by atoms with E-state index in [1.54, 1.807) is 0 Å². The predicted molar refractivity (Wildman–Crippen MR) is 65.9 cm³/mol. The van der Waals surface area contributed by atoms with Crippen LogP contribution in [-0.4, -0.2) is 30.0 Å². The Kier molecular flexibility index (Phi) is 5.10. The molecule has 0 heterocycles. The predicted octanol–water partition coefficient (Wildman–Crippen LogP) is 1.73. The molecule has 0 radical (unpaired) electrons. The molecule has 1 rings (SSSR count). The van der Waals surface area contributed by atoms with Crippen LogP contribution in [-0.2, 0) is 0 Å².